The maximum Gasteiger partial charge on any atom is 0.410 e. The van der Waals surface area contributed by atoms with Crippen molar-refractivity contribution in [2.75, 3.05) is 18.4 Å². The zero-order valence-electron chi connectivity index (χ0n) is 23.7. The predicted octanol–water partition coefficient (Wildman–Crippen LogP) is 8.48. The number of hydrogen-bond acceptors (Lipinski definition) is 11. The van der Waals surface area contributed by atoms with Gasteiger partial charge in [0.15, 0.2) is 11.6 Å². The molecule has 0 atom stereocenters. The number of ether oxygens (including phenoxy) is 2. The van der Waals surface area contributed by atoms with Crippen molar-refractivity contribution in [2.24, 2.45) is 0 Å². The number of carbonyl (C=O) groups is 1. The maximum absolute atomic E-state index is 13.6. The van der Waals surface area contributed by atoms with Crippen LogP contribution in [0, 0.1) is 5.82 Å². The first kappa shape index (κ1) is 29.3. The van der Waals surface area contributed by atoms with Crippen molar-refractivity contribution in [3.05, 3.63) is 71.9 Å². The van der Waals surface area contributed by atoms with E-state index < -0.39 is 5.60 Å². The number of carbonyl (C=O) groups excluding carboxylic acids is 1. The standard InChI is InChI=1S/C30H29FN6O3S3/c1-30(2,3)40-29(38)37-13-9-18(10-14-37)26-34-28(43-36-26)35-27-23(39-20-6-4-19(31)5-7-20)16-21(17-33-27)42-24-8-12-32-22-11-15-41-25(22)24/h4-8,11-12,15-18H,9-10,13-14H2,1-3H3,(H,33,34,35,36). The van der Waals surface area contributed by atoms with Crippen LogP contribution in [0.1, 0.15) is 45.4 Å². The number of nitrogens with one attached hydrogen (secondary N) is 1. The zero-order valence-corrected chi connectivity index (χ0v) is 26.2. The van der Waals surface area contributed by atoms with Gasteiger partial charge in [-0.15, -0.1) is 11.3 Å². The second kappa shape index (κ2) is 12.4. The van der Waals surface area contributed by atoms with Crippen LogP contribution in [0.4, 0.5) is 20.1 Å². The van der Waals surface area contributed by atoms with Crippen LogP contribution in [0.5, 0.6) is 11.5 Å². The van der Waals surface area contributed by atoms with E-state index in [1.807, 2.05) is 44.4 Å². The van der Waals surface area contributed by atoms with Gasteiger partial charge in [-0.25, -0.2) is 19.2 Å². The van der Waals surface area contributed by atoms with E-state index in [0.717, 1.165) is 38.7 Å². The fourth-order valence-electron chi connectivity index (χ4n) is 4.54. The van der Waals surface area contributed by atoms with Crippen molar-refractivity contribution >= 4 is 61.9 Å². The molecule has 43 heavy (non-hydrogen) atoms. The molecule has 13 heteroatoms. The summed E-state index contributed by atoms with van der Waals surface area (Å²) in [5.41, 5.74) is 0.428. The van der Waals surface area contributed by atoms with Gasteiger partial charge in [0.1, 0.15) is 23.0 Å². The lowest BCUT2D eigenvalue weighted by atomic mass is 9.96. The molecule has 222 valence electrons. The van der Waals surface area contributed by atoms with Crippen LogP contribution in [-0.2, 0) is 4.74 Å². The average Bonchev–Trinajstić information content (AvgIpc) is 3.65. The Morgan fingerprint density at radius 1 is 1.12 bits per heavy atom. The lowest BCUT2D eigenvalue weighted by Crippen LogP contribution is -2.41. The molecule has 9 nitrogen and oxygen atoms in total. The molecule has 1 N–H and O–H groups in total. The molecule has 1 amide bonds. The highest BCUT2D eigenvalue weighted by Gasteiger charge is 2.29. The normalized spacial score (nSPS) is 14.2. The van der Waals surface area contributed by atoms with Gasteiger partial charge in [-0.1, -0.05) is 11.8 Å². The summed E-state index contributed by atoms with van der Waals surface area (Å²) >= 11 is 4.46. The molecule has 0 bridgehead atoms. The summed E-state index contributed by atoms with van der Waals surface area (Å²) in [5.74, 6) is 1.95. The van der Waals surface area contributed by atoms with Crippen LogP contribution < -0.4 is 10.1 Å². The molecule has 0 unspecified atom stereocenters. The average molecular weight is 637 g/mol. The van der Waals surface area contributed by atoms with E-state index in [9.17, 15) is 9.18 Å². The predicted molar refractivity (Wildman–Crippen MR) is 167 cm³/mol. The van der Waals surface area contributed by atoms with E-state index >= 15 is 0 Å². The van der Waals surface area contributed by atoms with Gasteiger partial charge < -0.3 is 19.7 Å². The number of halogens is 1. The number of rotatable bonds is 7. The van der Waals surface area contributed by atoms with Crippen molar-refractivity contribution < 1.29 is 18.7 Å². The lowest BCUT2D eigenvalue weighted by molar-refractivity contribution is 0.0203. The van der Waals surface area contributed by atoms with Gasteiger partial charge >= 0.3 is 6.09 Å². The number of pyridine rings is 2. The number of hydrogen-bond donors (Lipinski definition) is 1. The van der Waals surface area contributed by atoms with Crippen molar-refractivity contribution in [3.8, 4) is 11.5 Å². The zero-order chi connectivity index (χ0) is 30.0. The molecule has 5 heterocycles. The van der Waals surface area contributed by atoms with Gasteiger partial charge in [-0.05, 0) is 75.4 Å². The van der Waals surface area contributed by atoms with Crippen molar-refractivity contribution in [2.45, 2.75) is 54.9 Å². The second-order valence-electron chi connectivity index (χ2n) is 10.9. The number of fused-ring (bicyclic) bond motifs is 1. The number of amides is 1. The fraction of sp³-hybridized carbons (Fsp3) is 0.300. The molecule has 1 aromatic carbocycles. The van der Waals surface area contributed by atoms with E-state index in [1.165, 1.54) is 23.7 Å². The fourth-order valence-corrected chi connectivity index (χ4v) is 7.07. The first-order valence-corrected chi connectivity index (χ1v) is 16.2. The first-order valence-electron chi connectivity index (χ1n) is 13.7. The Bertz CT molecular complexity index is 1730. The molecular weight excluding hydrogens is 608 g/mol. The Balaban J connectivity index is 1.18. The molecule has 0 radical (unpaired) electrons. The van der Waals surface area contributed by atoms with Crippen LogP contribution >= 0.6 is 34.6 Å². The van der Waals surface area contributed by atoms with Gasteiger partial charge in [-0.3, -0.25) is 4.98 Å². The number of nitrogens with zero attached hydrogens (tertiary/aromatic N) is 5. The summed E-state index contributed by atoms with van der Waals surface area (Å²) in [6.45, 7) is 6.78. The molecule has 1 aliphatic rings. The van der Waals surface area contributed by atoms with Gasteiger partial charge in [-0.2, -0.15) is 4.37 Å². The van der Waals surface area contributed by atoms with E-state index in [4.69, 9.17) is 14.5 Å². The molecule has 0 spiro atoms. The summed E-state index contributed by atoms with van der Waals surface area (Å²) in [7, 11) is 0. The van der Waals surface area contributed by atoms with Crippen LogP contribution in [0.2, 0.25) is 0 Å². The molecule has 6 rings (SSSR count). The Morgan fingerprint density at radius 2 is 1.91 bits per heavy atom. The van der Waals surface area contributed by atoms with E-state index in [1.54, 1.807) is 52.5 Å². The first-order chi connectivity index (χ1) is 20.7. The Hall–Kier alpha value is -3.81. The van der Waals surface area contributed by atoms with Crippen molar-refractivity contribution in [1.82, 2.24) is 24.2 Å². The highest BCUT2D eigenvalue weighted by Crippen LogP contribution is 2.40. The highest BCUT2D eigenvalue weighted by atomic mass is 32.2. The summed E-state index contributed by atoms with van der Waals surface area (Å²) in [6, 6.07) is 11.7. The molecule has 1 aliphatic heterocycles. The summed E-state index contributed by atoms with van der Waals surface area (Å²) in [6.07, 6.45) is 4.80. The van der Waals surface area contributed by atoms with E-state index in [2.05, 4.69) is 19.7 Å². The van der Waals surface area contributed by atoms with Gasteiger partial charge in [0.25, 0.3) is 0 Å². The van der Waals surface area contributed by atoms with Crippen LogP contribution in [-0.4, -0.2) is 49.0 Å². The Kier molecular flexibility index (Phi) is 8.46. The molecule has 1 fully saturated rings. The van der Waals surface area contributed by atoms with Gasteiger partial charge in [0.2, 0.25) is 5.13 Å². The highest BCUT2D eigenvalue weighted by molar-refractivity contribution is 7.99. The van der Waals surface area contributed by atoms with Gasteiger partial charge in [0.05, 0.1) is 10.2 Å². The molecule has 4 aromatic heterocycles. The third-order valence-corrected chi connectivity index (χ3v) is 9.31. The Morgan fingerprint density at radius 3 is 2.67 bits per heavy atom. The SMILES string of the molecule is CC(C)(C)OC(=O)N1CCC(c2nsc(Nc3ncc(Sc4ccnc5ccsc45)cc3Oc3ccc(F)cc3)n2)CC1. The summed E-state index contributed by atoms with van der Waals surface area (Å²) in [4.78, 5) is 30.0. The number of aromatic nitrogens is 4. The molecular formula is C30H29FN6O3S3. The smallest absolute Gasteiger partial charge is 0.410 e. The number of anilines is 2. The van der Waals surface area contributed by atoms with E-state index in [0.29, 0.717) is 35.5 Å². The third-order valence-electron chi connectivity index (χ3n) is 6.58. The molecule has 1 saturated heterocycles. The minimum absolute atomic E-state index is 0.140. The topological polar surface area (TPSA) is 102 Å². The molecule has 0 aliphatic carbocycles. The van der Waals surface area contributed by atoms with E-state index in [-0.39, 0.29) is 17.8 Å². The van der Waals surface area contributed by atoms with Crippen molar-refractivity contribution in [1.29, 1.82) is 0 Å². The quantitative estimate of drug-likeness (QED) is 0.188. The molecule has 0 saturated carbocycles. The van der Waals surface area contributed by atoms with Crippen LogP contribution in [0.25, 0.3) is 10.2 Å². The summed E-state index contributed by atoms with van der Waals surface area (Å²) < 4.78 is 30.9. The van der Waals surface area contributed by atoms with Crippen molar-refractivity contribution in [3.63, 3.8) is 0 Å². The number of thiophene rings is 1. The van der Waals surface area contributed by atoms with Gasteiger partial charge in [0, 0.05) is 58.8 Å². The minimum atomic E-state index is -0.523. The monoisotopic (exact) mass is 636 g/mol. The number of benzene rings is 1. The second-order valence-corrected chi connectivity index (χ2v) is 13.7. The third kappa shape index (κ3) is 7.23. The minimum Gasteiger partial charge on any atom is -0.453 e. The Labute approximate surface area is 260 Å². The number of piperidine rings is 1. The number of likely N-dealkylation sites (tertiary alicyclic amines) is 1. The summed E-state index contributed by atoms with van der Waals surface area (Å²) in [5, 5.41) is 5.87. The van der Waals surface area contributed by atoms with Crippen LogP contribution in [0.15, 0.2) is 70.0 Å². The lowest BCUT2D eigenvalue weighted by Gasteiger charge is -2.32. The largest absolute Gasteiger partial charge is 0.453 e. The van der Waals surface area contributed by atoms with Crippen LogP contribution in [0.3, 0.4) is 0 Å². The molecule has 5 aromatic rings. The maximum atomic E-state index is 13.6.